The zero-order valence-corrected chi connectivity index (χ0v) is 15.1. The zero-order valence-electron chi connectivity index (χ0n) is 15.1. The maximum atomic E-state index is 11.8. The van der Waals surface area contributed by atoms with E-state index in [4.69, 9.17) is 4.74 Å². The van der Waals surface area contributed by atoms with Crippen LogP contribution < -0.4 is 15.4 Å². The Kier molecular flexibility index (Phi) is 8.70. The smallest absolute Gasteiger partial charge is 0.238 e. The van der Waals surface area contributed by atoms with Gasteiger partial charge in [-0.15, -0.1) is 0 Å². The molecule has 4 heteroatoms. The van der Waals surface area contributed by atoms with Crippen LogP contribution in [0, 0.1) is 0 Å². The first kappa shape index (κ1) is 19.5. The monoisotopic (exact) mass is 320 g/mol. The van der Waals surface area contributed by atoms with Gasteiger partial charge in [0.15, 0.2) is 0 Å². The number of unbranched alkanes of at least 4 members (excludes halogenated alkanes) is 4. The maximum absolute atomic E-state index is 11.8. The summed E-state index contributed by atoms with van der Waals surface area (Å²) in [4.78, 5) is 11.8. The highest BCUT2D eigenvalue weighted by molar-refractivity contribution is 5.92. The van der Waals surface area contributed by atoms with Crippen molar-refractivity contribution in [1.29, 1.82) is 0 Å². The normalized spacial score (nSPS) is 11.3. The van der Waals surface area contributed by atoms with Crippen LogP contribution in [0.3, 0.4) is 0 Å². The third kappa shape index (κ3) is 9.95. The zero-order chi connectivity index (χ0) is 17.1. The Balaban J connectivity index is 2.26. The van der Waals surface area contributed by atoms with Crippen LogP contribution in [0.1, 0.15) is 59.8 Å². The van der Waals surface area contributed by atoms with Gasteiger partial charge in [-0.05, 0) is 51.5 Å². The molecule has 0 fully saturated rings. The Morgan fingerprint density at radius 2 is 1.70 bits per heavy atom. The summed E-state index contributed by atoms with van der Waals surface area (Å²) in [6.45, 7) is 9.39. The second kappa shape index (κ2) is 10.3. The van der Waals surface area contributed by atoms with Crippen molar-refractivity contribution < 1.29 is 9.53 Å². The van der Waals surface area contributed by atoms with Gasteiger partial charge in [-0.2, -0.15) is 0 Å². The van der Waals surface area contributed by atoms with E-state index < -0.39 is 0 Å². The Morgan fingerprint density at radius 1 is 1.04 bits per heavy atom. The molecule has 1 amide bonds. The van der Waals surface area contributed by atoms with Gasteiger partial charge in [0.25, 0.3) is 0 Å². The average Bonchev–Trinajstić information content (AvgIpc) is 2.50. The van der Waals surface area contributed by atoms with Gasteiger partial charge >= 0.3 is 0 Å². The van der Waals surface area contributed by atoms with Crippen LogP contribution in [0.4, 0.5) is 5.69 Å². The first-order valence-electron chi connectivity index (χ1n) is 8.68. The van der Waals surface area contributed by atoms with E-state index in [1.807, 2.05) is 45.0 Å². The van der Waals surface area contributed by atoms with Crippen molar-refractivity contribution in [3.63, 3.8) is 0 Å². The second-order valence-corrected chi connectivity index (χ2v) is 6.94. The summed E-state index contributed by atoms with van der Waals surface area (Å²) in [7, 11) is 0. The van der Waals surface area contributed by atoms with E-state index in [0.717, 1.165) is 24.5 Å². The number of rotatable bonds is 10. The van der Waals surface area contributed by atoms with Gasteiger partial charge in [0, 0.05) is 11.2 Å². The molecule has 0 unspecified atom stereocenters. The summed E-state index contributed by atoms with van der Waals surface area (Å²) in [6.07, 6.45) is 6.17. The number of hydrogen-bond donors (Lipinski definition) is 2. The van der Waals surface area contributed by atoms with E-state index in [-0.39, 0.29) is 11.4 Å². The topological polar surface area (TPSA) is 50.4 Å². The highest BCUT2D eigenvalue weighted by Crippen LogP contribution is 2.16. The van der Waals surface area contributed by atoms with Crippen LogP contribution in [0.5, 0.6) is 5.75 Å². The molecular weight excluding hydrogens is 288 g/mol. The number of carbonyl (C=O) groups is 1. The SMILES string of the molecule is CCCCCCCOc1ccc(NC(=O)CNC(C)(C)C)cc1. The highest BCUT2D eigenvalue weighted by atomic mass is 16.5. The van der Waals surface area contributed by atoms with Crippen molar-refractivity contribution in [2.75, 3.05) is 18.5 Å². The van der Waals surface area contributed by atoms with Crippen LogP contribution >= 0.6 is 0 Å². The number of anilines is 1. The van der Waals surface area contributed by atoms with Crippen molar-refractivity contribution in [3.05, 3.63) is 24.3 Å². The predicted octanol–water partition coefficient (Wildman–Crippen LogP) is 4.36. The standard InChI is InChI=1S/C19H32N2O2/c1-5-6-7-8-9-14-23-17-12-10-16(11-13-17)21-18(22)15-20-19(2,3)4/h10-13,20H,5-9,14-15H2,1-4H3,(H,21,22). The Hall–Kier alpha value is -1.55. The van der Waals surface area contributed by atoms with Crippen molar-refractivity contribution >= 4 is 11.6 Å². The van der Waals surface area contributed by atoms with Crippen molar-refractivity contribution in [2.24, 2.45) is 0 Å². The number of nitrogens with one attached hydrogen (secondary N) is 2. The summed E-state index contributed by atoms with van der Waals surface area (Å²) in [6, 6.07) is 7.56. The first-order valence-corrected chi connectivity index (χ1v) is 8.68. The molecule has 0 bridgehead atoms. The summed E-state index contributed by atoms with van der Waals surface area (Å²) in [5.41, 5.74) is 0.729. The largest absolute Gasteiger partial charge is 0.494 e. The van der Waals surface area contributed by atoms with Gasteiger partial charge in [-0.3, -0.25) is 4.79 Å². The van der Waals surface area contributed by atoms with Crippen LogP contribution in [-0.4, -0.2) is 24.6 Å². The van der Waals surface area contributed by atoms with E-state index in [0.29, 0.717) is 6.54 Å². The molecule has 23 heavy (non-hydrogen) atoms. The molecule has 0 aliphatic carbocycles. The molecule has 130 valence electrons. The maximum Gasteiger partial charge on any atom is 0.238 e. The predicted molar refractivity (Wildman–Crippen MR) is 97.1 cm³/mol. The van der Waals surface area contributed by atoms with Gasteiger partial charge < -0.3 is 15.4 Å². The molecule has 0 radical (unpaired) electrons. The van der Waals surface area contributed by atoms with Crippen molar-refractivity contribution in [1.82, 2.24) is 5.32 Å². The molecule has 0 aromatic heterocycles. The van der Waals surface area contributed by atoms with Crippen LogP contribution in [0.2, 0.25) is 0 Å². The van der Waals surface area contributed by atoms with E-state index in [2.05, 4.69) is 17.6 Å². The summed E-state index contributed by atoms with van der Waals surface area (Å²) >= 11 is 0. The molecule has 0 aliphatic rings. The van der Waals surface area contributed by atoms with Gasteiger partial charge in [0.1, 0.15) is 5.75 Å². The molecule has 0 saturated carbocycles. The molecule has 0 aliphatic heterocycles. The minimum absolute atomic E-state index is 0.0375. The van der Waals surface area contributed by atoms with Gasteiger partial charge in [-0.1, -0.05) is 32.6 Å². The minimum Gasteiger partial charge on any atom is -0.494 e. The van der Waals surface area contributed by atoms with Gasteiger partial charge in [0.2, 0.25) is 5.91 Å². The number of ether oxygens (including phenoxy) is 1. The van der Waals surface area contributed by atoms with Crippen molar-refractivity contribution in [3.8, 4) is 5.75 Å². The van der Waals surface area contributed by atoms with E-state index in [1.165, 1.54) is 25.7 Å². The molecule has 0 spiro atoms. The molecule has 0 saturated heterocycles. The highest BCUT2D eigenvalue weighted by Gasteiger charge is 2.11. The summed E-state index contributed by atoms with van der Waals surface area (Å²) in [5.74, 6) is 0.816. The number of benzene rings is 1. The molecule has 0 heterocycles. The Labute approximate surface area is 141 Å². The van der Waals surface area contributed by atoms with Crippen LogP contribution in [0.15, 0.2) is 24.3 Å². The lowest BCUT2D eigenvalue weighted by Gasteiger charge is -2.20. The number of amides is 1. The molecule has 0 atom stereocenters. The molecule has 4 nitrogen and oxygen atoms in total. The summed E-state index contributed by atoms with van der Waals surface area (Å²) in [5, 5.41) is 6.04. The van der Waals surface area contributed by atoms with Crippen molar-refractivity contribution in [2.45, 2.75) is 65.3 Å². The lowest BCUT2D eigenvalue weighted by Crippen LogP contribution is -2.41. The summed E-state index contributed by atoms with van der Waals surface area (Å²) < 4.78 is 5.71. The Bertz CT molecular complexity index is 449. The fourth-order valence-electron chi connectivity index (χ4n) is 2.08. The number of hydrogen-bond acceptors (Lipinski definition) is 3. The number of carbonyl (C=O) groups excluding carboxylic acids is 1. The van der Waals surface area contributed by atoms with Crippen LogP contribution in [0.25, 0.3) is 0 Å². The quantitative estimate of drug-likeness (QED) is 0.630. The molecule has 2 N–H and O–H groups in total. The lowest BCUT2D eigenvalue weighted by atomic mass is 10.1. The third-order valence-electron chi connectivity index (χ3n) is 3.43. The van der Waals surface area contributed by atoms with E-state index in [9.17, 15) is 4.79 Å². The van der Waals surface area contributed by atoms with Gasteiger partial charge in [-0.25, -0.2) is 0 Å². The Morgan fingerprint density at radius 3 is 2.30 bits per heavy atom. The minimum atomic E-state index is -0.0633. The second-order valence-electron chi connectivity index (χ2n) is 6.94. The lowest BCUT2D eigenvalue weighted by molar-refractivity contribution is -0.115. The molecule has 1 rings (SSSR count). The average molecular weight is 320 g/mol. The molecule has 1 aromatic rings. The fourth-order valence-corrected chi connectivity index (χ4v) is 2.08. The van der Waals surface area contributed by atoms with E-state index in [1.54, 1.807) is 0 Å². The van der Waals surface area contributed by atoms with E-state index >= 15 is 0 Å². The van der Waals surface area contributed by atoms with Gasteiger partial charge in [0.05, 0.1) is 13.2 Å². The molecule has 1 aromatic carbocycles. The van der Waals surface area contributed by atoms with Crippen LogP contribution in [-0.2, 0) is 4.79 Å². The molecular formula is C19H32N2O2. The third-order valence-corrected chi connectivity index (χ3v) is 3.43. The first-order chi connectivity index (χ1) is 10.9. The fraction of sp³-hybridized carbons (Fsp3) is 0.632.